The van der Waals surface area contributed by atoms with E-state index in [0.29, 0.717) is 0 Å². The van der Waals surface area contributed by atoms with E-state index in [1.165, 1.54) is 106 Å². The number of hydrogen-bond acceptors (Lipinski definition) is 2. The van der Waals surface area contributed by atoms with Crippen LogP contribution >= 0.6 is 0 Å². The molecule has 1 unspecified atom stereocenters. The summed E-state index contributed by atoms with van der Waals surface area (Å²) in [6, 6.07) is 69.1. The molecule has 0 saturated heterocycles. The molecule has 68 heavy (non-hydrogen) atoms. The molecule has 0 amide bonds. The maximum atomic E-state index is 2.59. The van der Waals surface area contributed by atoms with Gasteiger partial charge in [0.15, 0.2) is 0 Å². The van der Waals surface area contributed by atoms with Crippen LogP contribution in [-0.4, -0.2) is 0 Å². The molecule has 0 fully saturated rings. The van der Waals surface area contributed by atoms with E-state index >= 15 is 0 Å². The van der Waals surface area contributed by atoms with Gasteiger partial charge in [0.05, 0.1) is 17.1 Å². The van der Waals surface area contributed by atoms with Gasteiger partial charge in [-0.2, -0.15) is 0 Å². The maximum absolute atomic E-state index is 2.59. The number of allylic oxidation sites excluding steroid dienone is 4. The number of benzene rings is 8. The number of hydrogen-bond donors (Lipinski definition) is 0. The summed E-state index contributed by atoms with van der Waals surface area (Å²) in [6.07, 6.45) is 9.75. The standard InChI is InChI=1S/C66H60N2/c1-63(2)54-28-18-17-27-52(54)53-37-31-44(39-56(53)63)43-66(7,47-21-11-8-12-22-47)48-35-32-45(33-36-48)46-34-38-61-57(40-46)65(5,6)59-42-51(67(49-23-13-9-14-24-49)50-25-15-10-16-26-50)41-58-62(59)68(61)60-30-20-19-29-55(60)64(58,3)4/h8-15,17-25,27-42H,16,26,43H2,1-7H3. The Morgan fingerprint density at radius 2 is 1.07 bits per heavy atom. The molecule has 2 nitrogen and oxygen atoms in total. The summed E-state index contributed by atoms with van der Waals surface area (Å²) in [7, 11) is 0. The van der Waals surface area contributed by atoms with Gasteiger partial charge in [0.2, 0.25) is 0 Å². The zero-order valence-corrected chi connectivity index (χ0v) is 40.6. The second-order valence-corrected chi connectivity index (χ2v) is 21.5. The van der Waals surface area contributed by atoms with Crippen molar-refractivity contribution >= 4 is 28.4 Å². The van der Waals surface area contributed by atoms with Crippen molar-refractivity contribution in [3.05, 3.63) is 256 Å². The molecule has 0 radical (unpaired) electrons. The van der Waals surface area contributed by atoms with Crippen LogP contribution in [0.5, 0.6) is 0 Å². The highest BCUT2D eigenvalue weighted by Crippen LogP contribution is 2.61. The van der Waals surface area contributed by atoms with Crippen molar-refractivity contribution in [3.8, 4) is 22.3 Å². The Kier molecular flexibility index (Phi) is 9.58. The van der Waals surface area contributed by atoms with Gasteiger partial charge in [0, 0.05) is 38.7 Å². The summed E-state index contributed by atoms with van der Waals surface area (Å²) >= 11 is 0. The monoisotopic (exact) mass is 880 g/mol. The third-order valence-corrected chi connectivity index (χ3v) is 16.4. The van der Waals surface area contributed by atoms with Gasteiger partial charge in [-0.05, 0) is 140 Å². The lowest BCUT2D eigenvalue weighted by Crippen LogP contribution is -2.38. The highest BCUT2D eigenvalue weighted by Gasteiger charge is 2.46. The minimum atomic E-state index is -0.300. The van der Waals surface area contributed by atoms with E-state index in [9.17, 15) is 0 Å². The van der Waals surface area contributed by atoms with Gasteiger partial charge in [0.1, 0.15) is 0 Å². The first-order valence-corrected chi connectivity index (χ1v) is 24.7. The molecular weight excluding hydrogens is 821 g/mol. The van der Waals surface area contributed by atoms with Crippen LogP contribution in [0.4, 0.5) is 28.4 Å². The Hall–Kier alpha value is -7.16. The molecule has 0 bridgehead atoms. The van der Waals surface area contributed by atoms with Crippen LogP contribution in [0.25, 0.3) is 22.3 Å². The van der Waals surface area contributed by atoms with Crippen molar-refractivity contribution in [1.82, 2.24) is 0 Å². The molecule has 12 rings (SSSR count). The minimum absolute atomic E-state index is 0.0378. The first-order chi connectivity index (χ1) is 32.9. The third-order valence-electron chi connectivity index (χ3n) is 16.4. The number of fused-ring (bicyclic) bond motifs is 7. The molecule has 2 heteroatoms. The van der Waals surface area contributed by atoms with Gasteiger partial charge in [0.25, 0.3) is 0 Å². The fourth-order valence-corrected chi connectivity index (χ4v) is 12.5. The minimum Gasteiger partial charge on any atom is -0.314 e. The molecule has 2 heterocycles. The molecule has 0 aromatic heterocycles. The molecule has 334 valence electrons. The van der Waals surface area contributed by atoms with Crippen molar-refractivity contribution in [3.63, 3.8) is 0 Å². The zero-order valence-electron chi connectivity index (χ0n) is 40.6. The third kappa shape index (κ3) is 6.37. The first-order valence-electron chi connectivity index (χ1n) is 24.7. The summed E-state index contributed by atoms with van der Waals surface area (Å²) in [4.78, 5) is 5.10. The van der Waals surface area contributed by atoms with Crippen LogP contribution in [0.1, 0.15) is 111 Å². The molecule has 0 saturated carbocycles. The first kappa shape index (κ1) is 42.2. The molecule has 8 aromatic rings. The van der Waals surface area contributed by atoms with Crippen molar-refractivity contribution in [2.45, 2.75) is 89.4 Å². The van der Waals surface area contributed by atoms with Gasteiger partial charge in [-0.15, -0.1) is 0 Å². The number of anilines is 5. The van der Waals surface area contributed by atoms with E-state index in [4.69, 9.17) is 0 Å². The van der Waals surface area contributed by atoms with Crippen molar-refractivity contribution < 1.29 is 0 Å². The predicted octanol–water partition coefficient (Wildman–Crippen LogP) is 17.3. The molecule has 0 N–H and O–H groups in total. The van der Waals surface area contributed by atoms with Crippen LogP contribution in [0, 0.1) is 0 Å². The van der Waals surface area contributed by atoms with Crippen molar-refractivity contribution in [2.75, 3.05) is 9.80 Å². The Bertz CT molecular complexity index is 3350. The van der Waals surface area contributed by atoms with E-state index in [1.807, 2.05) is 0 Å². The number of para-hydroxylation sites is 2. The van der Waals surface area contributed by atoms with Gasteiger partial charge >= 0.3 is 0 Å². The van der Waals surface area contributed by atoms with E-state index in [2.05, 4.69) is 258 Å². The van der Waals surface area contributed by atoms with Crippen LogP contribution in [0.3, 0.4) is 0 Å². The van der Waals surface area contributed by atoms with Crippen LogP contribution in [0.2, 0.25) is 0 Å². The van der Waals surface area contributed by atoms with E-state index in [1.54, 1.807) is 0 Å². The summed E-state index contributed by atoms with van der Waals surface area (Å²) in [6.45, 7) is 16.9. The summed E-state index contributed by atoms with van der Waals surface area (Å²) in [5.41, 5.74) is 24.3. The summed E-state index contributed by atoms with van der Waals surface area (Å²) < 4.78 is 0. The summed E-state index contributed by atoms with van der Waals surface area (Å²) in [5, 5.41) is 0. The lowest BCUT2D eigenvalue weighted by Gasteiger charge is -2.50. The van der Waals surface area contributed by atoms with Gasteiger partial charge in [-0.25, -0.2) is 0 Å². The van der Waals surface area contributed by atoms with E-state index in [0.717, 1.165) is 19.3 Å². The predicted molar refractivity (Wildman–Crippen MR) is 286 cm³/mol. The van der Waals surface area contributed by atoms with Gasteiger partial charge < -0.3 is 9.80 Å². The van der Waals surface area contributed by atoms with Crippen LogP contribution in [0.15, 0.2) is 206 Å². The molecule has 2 aliphatic heterocycles. The fraction of sp³-hybridized carbons (Fsp3) is 0.212. The quantitative estimate of drug-likeness (QED) is 0.150. The molecule has 2 aliphatic carbocycles. The lowest BCUT2D eigenvalue weighted by molar-refractivity contribution is 0.566. The highest BCUT2D eigenvalue weighted by molar-refractivity contribution is 5.95. The topological polar surface area (TPSA) is 6.48 Å². The number of nitrogens with zero attached hydrogens (tertiary/aromatic N) is 2. The Balaban J connectivity index is 0.957. The second-order valence-electron chi connectivity index (χ2n) is 21.5. The smallest absolute Gasteiger partial charge is 0.0545 e. The average molecular weight is 881 g/mol. The van der Waals surface area contributed by atoms with Gasteiger partial charge in [-0.3, -0.25) is 0 Å². The van der Waals surface area contributed by atoms with Gasteiger partial charge in [-0.1, -0.05) is 200 Å². The number of rotatable bonds is 8. The SMILES string of the molecule is CC1(C)c2ccccc2-c2ccc(CC(C)(c3ccccc3)c3ccc(-c4ccc5c(c4)C(C)(C)c4cc(N(C6=CC=CCC6)c6ccccc6)cc6c4N5c4ccccc4C6(C)C)cc3)cc21. The lowest BCUT2D eigenvalue weighted by atomic mass is 9.66. The summed E-state index contributed by atoms with van der Waals surface area (Å²) in [5.74, 6) is 0. The highest BCUT2D eigenvalue weighted by atomic mass is 15.2. The van der Waals surface area contributed by atoms with Crippen molar-refractivity contribution in [1.29, 1.82) is 0 Å². The normalized spacial score (nSPS) is 17.2. The second kappa shape index (κ2) is 15.4. The molecule has 1 atom stereocenters. The molecule has 0 spiro atoms. The fourth-order valence-electron chi connectivity index (χ4n) is 12.5. The Labute approximate surface area is 404 Å². The van der Waals surface area contributed by atoms with E-state index < -0.39 is 0 Å². The Morgan fingerprint density at radius 3 is 1.79 bits per heavy atom. The van der Waals surface area contributed by atoms with E-state index in [-0.39, 0.29) is 21.7 Å². The maximum Gasteiger partial charge on any atom is 0.0545 e. The zero-order chi connectivity index (χ0) is 46.6. The van der Waals surface area contributed by atoms with Crippen molar-refractivity contribution in [2.24, 2.45) is 0 Å². The largest absolute Gasteiger partial charge is 0.314 e. The van der Waals surface area contributed by atoms with Crippen LogP contribution < -0.4 is 9.80 Å². The molecule has 8 aromatic carbocycles. The molecule has 4 aliphatic rings. The Morgan fingerprint density at radius 1 is 0.485 bits per heavy atom. The van der Waals surface area contributed by atoms with Crippen LogP contribution in [-0.2, 0) is 28.1 Å². The average Bonchev–Trinajstić information content (AvgIpc) is 3.59. The molecular formula is C66H60N2.